The van der Waals surface area contributed by atoms with E-state index in [0.29, 0.717) is 46.3 Å². The van der Waals surface area contributed by atoms with Crippen molar-refractivity contribution in [3.63, 3.8) is 0 Å². The second-order valence-corrected chi connectivity index (χ2v) is 8.34. The van der Waals surface area contributed by atoms with Crippen molar-refractivity contribution in [2.45, 2.75) is 20.1 Å². The Bertz CT molecular complexity index is 981. The molecule has 3 aromatic carbocycles. The highest BCUT2D eigenvalue weighted by atomic mass is 79.9. The zero-order valence-corrected chi connectivity index (χ0v) is 19.5. The summed E-state index contributed by atoms with van der Waals surface area (Å²) in [5.74, 6) is 1.31. The minimum absolute atomic E-state index is 0.310. The SMILES string of the molecule is CCOc1cc(CNc2ccc(Cl)cc2)c(Br)cc1OCc1ccc(Cl)cc1Cl. The summed E-state index contributed by atoms with van der Waals surface area (Å²) in [7, 11) is 0. The second kappa shape index (κ2) is 10.4. The largest absolute Gasteiger partial charge is 0.490 e. The van der Waals surface area contributed by atoms with Crippen LogP contribution in [-0.2, 0) is 13.2 Å². The molecule has 1 N–H and O–H groups in total. The summed E-state index contributed by atoms with van der Waals surface area (Å²) < 4.78 is 12.7. The molecule has 3 nitrogen and oxygen atoms in total. The molecule has 0 unspecified atom stereocenters. The minimum atomic E-state index is 0.310. The summed E-state index contributed by atoms with van der Waals surface area (Å²) in [6.45, 7) is 3.40. The van der Waals surface area contributed by atoms with Gasteiger partial charge >= 0.3 is 0 Å². The predicted molar refractivity (Wildman–Crippen MR) is 125 cm³/mol. The van der Waals surface area contributed by atoms with Crippen molar-refractivity contribution < 1.29 is 9.47 Å². The van der Waals surface area contributed by atoms with Crippen molar-refractivity contribution in [1.82, 2.24) is 0 Å². The molecular weight excluding hydrogens is 497 g/mol. The molecule has 0 radical (unpaired) electrons. The van der Waals surface area contributed by atoms with Crippen LogP contribution in [0.2, 0.25) is 15.1 Å². The molecule has 0 saturated carbocycles. The standard InChI is InChI=1S/C22H19BrCl3NO2/c1-2-28-21-9-15(12-27-18-7-5-16(24)6-8-18)19(23)11-22(21)29-13-14-3-4-17(25)10-20(14)26/h3-11,27H,2,12-13H2,1H3. The summed E-state index contributed by atoms with van der Waals surface area (Å²) >= 11 is 21.8. The molecule has 0 aliphatic rings. The number of benzene rings is 3. The van der Waals surface area contributed by atoms with Crippen molar-refractivity contribution >= 4 is 56.4 Å². The van der Waals surface area contributed by atoms with E-state index in [0.717, 1.165) is 21.3 Å². The van der Waals surface area contributed by atoms with Crippen LogP contribution in [0.5, 0.6) is 11.5 Å². The topological polar surface area (TPSA) is 30.5 Å². The van der Waals surface area contributed by atoms with Gasteiger partial charge in [0.05, 0.1) is 6.61 Å². The zero-order chi connectivity index (χ0) is 20.8. The van der Waals surface area contributed by atoms with E-state index in [4.69, 9.17) is 44.3 Å². The maximum atomic E-state index is 6.24. The Morgan fingerprint density at radius 3 is 2.21 bits per heavy atom. The van der Waals surface area contributed by atoms with Crippen molar-refractivity contribution in [2.75, 3.05) is 11.9 Å². The van der Waals surface area contributed by atoms with Gasteiger partial charge in [-0.1, -0.05) is 56.8 Å². The monoisotopic (exact) mass is 513 g/mol. The quantitative estimate of drug-likeness (QED) is 0.330. The summed E-state index contributed by atoms with van der Waals surface area (Å²) in [5, 5.41) is 5.24. The van der Waals surface area contributed by atoms with E-state index in [1.807, 2.05) is 49.4 Å². The van der Waals surface area contributed by atoms with E-state index in [9.17, 15) is 0 Å². The van der Waals surface area contributed by atoms with Gasteiger partial charge in [-0.25, -0.2) is 0 Å². The van der Waals surface area contributed by atoms with Crippen LogP contribution in [0.1, 0.15) is 18.1 Å². The molecule has 152 valence electrons. The van der Waals surface area contributed by atoms with Crippen molar-refractivity contribution in [1.29, 1.82) is 0 Å². The van der Waals surface area contributed by atoms with Gasteiger partial charge in [0.15, 0.2) is 11.5 Å². The fourth-order valence-electron chi connectivity index (χ4n) is 2.65. The molecule has 29 heavy (non-hydrogen) atoms. The van der Waals surface area contributed by atoms with Crippen LogP contribution >= 0.6 is 50.7 Å². The van der Waals surface area contributed by atoms with Gasteiger partial charge in [-0.2, -0.15) is 0 Å². The molecule has 0 spiro atoms. The molecule has 0 bridgehead atoms. The van der Waals surface area contributed by atoms with Crippen LogP contribution in [0, 0.1) is 0 Å². The summed E-state index contributed by atoms with van der Waals surface area (Å²) in [6, 6.07) is 16.8. The predicted octanol–water partition coefficient (Wildman–Crippen LogP) is 8.00. The van der Waals surface area contributed by atoms with Gasteiger partial charge in [0.2, 0.25) is 0 Å². The van der Waals surface area contributed by atoms with Crippen LogP contribution in [-0.4, -0.2) is 6.61 Å². The zero-order valence-electron chi connectivity index (χ0n) is 15.6. The van der Waals surface area contributed by atoms with Crippen LogP contribution < -0.4 is 14.8 Å². The van der Waals surface area contributed by atoms with Gasteiger partial charge in [0, 0.05) is 37.3 Å². The molecule has 7 heteroatoms. The van der Waals surface area contributed by atoms with E-state index in [1.165, 1.54) is 0 Å². The first-order chi connectivity index (χ1) is 14.0. The molecule has 3 aromatic rings. The highest BCUT2D eigenvalue weighted by molar-refractivity contribution is 9.10. The third-order valence-electron chi connectivity index (χ3n) is 4.14. The molecule has 0 amide bonds. The minimum Gasteiger partial charge on any atom is -0.490 e. The van der Waals surface area contributed by atoms with Gasteiger partial charge in [-0.15, -0.1) is 0 Å². The molecular formula is C22H19BrCl3NO2. The third-order valence-corrected chi connectivity index (χ3v) is 5.72. The number of hydrogen-bond donors (Lipinski definition) is 1. The summed E-state index contributed by atoms with van der Waals surface area (Å²) in [6.07, 6.45) is 0. The van der Waals surface area contributed by atoms with Gasteiger partial charge in [-0.3, -0.25) is 0 Å². The van der Waals surface area contributed by atoms with E-state index in [-0.39, 0.29) is 0 Å². The lowest BCUT2D eigenvalue weighted by molar-refractivity contribution is 0.269. The van der Waals surface area contributed by atoms with E-state index in [1.54, 1.807) is 12.1 Å². The lowest BCUT2D eigenvalue weighted by Crippen LogP contribution is -2.04. The van der Waals surface area contributed by atoms with Crippen molar-refractivity contribution in [3.05, 3.63) is 85.3 Å². The van der Waals surface area contributed by atoms with Gasteiger partial charge in [0.25, 0.3) is 0 Å². The maximum absolute atomic E-state index is 6.24. The van der Waals surface area contributed by atoms with Crippen molar-refractivity contribution in [3.8, 4) is 11.5 Å². The fourth-order valence-corrected chi connectivity index (χ4v) is 3.70. The van der Waals surface area contributed by atoms with Crippen molar-refractivity contribution in [2.24, 2.45) is 0 Å². The highest BCUT2D eigenvalue weighted by Gasteiger charge is 2.12. The molecule has 0 saturated heterocycles. The molecule has 3 rings (SSSR count). The van der Waals surface area contributed by atoms with Gasteiger partial charge in [0.1, 0.15) is 6.61 Å². The van der Waals surface area contributed by atoms with Crippen LogP contribution in [0.15, 0.2) is 59.1 Å². The number of halogens is 4. The van der Waals surface area contributed by atoms with E-state index >= 15 is 0 Å². The summed E-state index contributed by atoms with van der Waals surface area (Å²) in [5.41, 5.74) is 2.88. The first-order valence-corrected chi connectivity index (χ1v) is 10.9. The van der Waals surface area contributed by atoms with Crippen LogP contribution in [0.3, 0.4) is 0 Å². The fraction of sp³-hybridized carbons (Fsp3) is 0.182. The number of hydrogen-bond acceptors (Lipinski definition) is 3. The Hall–Kier alpha value is -1.59. The second-order valence-electron chi connectivity index (χ2n) is 6.21. The Labute approximate surface area is 194 Å². The maximum Gasteiger partial charge on any atom is 0.162 e. The van der Waals surface area contributed by atoms with Gasteiger partial charge in [-0.05, 0) is 61.0 Å². The summed E-state index contributed by atoms with van der Waals surface area (Å²) in [4.78, 5) is 0. The molecule has 0 aromatic heterocycles. The first-order valence-electron chi connectivity index (χ1n) is 8.97. The third kappa shape index (κ3) is 6.19. The van der Waals surface area contributed by atoms with Crippen LogP contribution in [0.25, 0.3) is 0 Å². The average Bonchev–Trinajstić information content (AvgIpc) is 2.69. The molecule has 0 atom stereocenters. The Balaban J connectivity index is 1.75. The van der Waals surface area contributed by atoms with E-state index in [2.05, 4.69) is 21.2 Å². The lowest BCUT2D eigenvalue weighted by Gasteiger charge is -2.16. The Morgan fingerprint density at radius 2 is 1.52 bits per heavy atom. The Kier molecular flexibility index (Phi) is 7.96. The highest BCUT2D eigenvalue weighted by Crippen LogP contribution is 2.35. The lowest BCUT2D eigenvalue weighted by atomic mass is 10.2. The number of rotatable bonds is 8. The number of ether oxygens (including phenoxy) is 2. The van der Waals surface area contributed by atoms with Gasteiger partial charge < -0.3 is 14.8 Å². The van der Waals surface area contributed by atoms with Crippen LogP contribution in [0.4, 0.5) is 5.69 Å². The number of anilines is 1. The molecule has 0 heterocycles. The Morgan fingerprint density at radius 1 is 0.828 bits per heavy atom. The molecule has 0 aliphatic heterocycles. The number of nitrogens with one attached hydrogen (secondary N) is 1. The smallest absolute Gasteiger partial charge is 0.162 e. The molecule has 0 aliphatic carbocycles. The van der Waals surface area contributed by atoms with E-state index < -0.39 is 0 Å². The first kappa shape index (κ1) is 22.1. The average molecular weight is 516 g/mol. The normalized spacial score (nSPS) is 10.7. The molecule has 0 fully saturated rings.